The zero-order valence-corrected chi connectivity index (χ0v) is 15.6. The molecule has 0 radical (unpaired) electrons. The van der Waals surface area contributed by atoms with E-state index in [0.717, 1.165) is 0 Å². The summed E-state index contributed by atoms with van der Waals surface area (Å²) in [6.45, 7) is 2.10. The van der Waals surface area contributed by atoms with Crippen molar-refractivity contribution in [1.82, 2.24) is 5.32 Å². The largest absolute Gasteiger partial charge is 0.449 e. The van der Waals surface area contributed by atoms with Gasteiger partial charge in [0.1, 0.15) is 6.61 Å². The van der Waals surface area contributed by atoms with Crippen LogP contribution in [0.3, 0.4) is 0 Å². The third-order valence-corrected chi connectivity index (χ3v) is 5.12. The Morgan fingerprint density at radius 1 is 1.08 bits per heavy atom. The number of ether oxygens (including phenoxy) is 1. The quantitative estimate of drug-likeness (QED) is 0.735. The average Bonchev–Trinajstić information content (AvgIpc) is 2.98. The summed E-state index contributed by atoms with van der Waals surface area (Å²) >= 11 is 3.13. The summed E-state index contributed by atoms with van der Waals surface area (Å²) in [6.07, 6.45) is -0.0164. The molecule has 1 atom stereocenters. The Balaban J connectivity index is 1.71. The molecule has 0 fully saturated rings. The molecule has 2 aromatic carbocycles. The molecule has 1 N–H and O–H groups in total. The number of carbonyl (C=O) groups excluding carboxylic acids is 2. The molecule has 1 amide bonds. The molecule has 0 unspecified atom stereocenters. The van der Waals surface area contributed by atoms with E-state index in [0.29, 0.717) is 6.42 Å². The van der Waals surface area contributed by atoms with Gasteiger partial charge >= 0.3 is 6.09 Å². The van der Waals surface area contributed by atoms with Gasteiger partial charge in [0.05, 0.1) is 11.4 Å². The van der Waals surface area contributed by atoms with Crippen molar-refractivity contribution in [2.75, 3.05) is 11.9 Å². The predicted octanol–water partition coefficient (Wildman–Crippen LogP) is 4.27. The highest BCUT2D eigenvalue weighted by Gasteiger charge is 2.29. The number of hydrogen-bond acceptors (Lipinski definition) is 3. The molecule has 0 saturated heterocycles. The van der Waals surface area contributed by atoms with Crippen LogP contribution in [0.15, 0.2) is 48.5 Å². The van der Waals surface area contributed by atoms with E-state index < -0.39 is 12.1 Å². The third kappa shape index (κ3) is 3.61. The van der Waals surface area contributed by atoms with Crippen molar-refractivity contribution in [2.45, 2.75) is 25.3 Å². The highest BCUT2D eigenvalue weighted by Crippen LogP contribution is 2.44. The minimum atomic E-state index is -0.553. The number of carbonyl (C=O) groups is 2. The van der Waals surface area contributed by atoms with E-state index in [-0.39, 0.29) is 23.6 Å². The first-order valence-electron chi connectivity index (χ1n) is 8.35. The average molecular weight is 402 g/mol. The summed E-state index contributed by atoms with van der Waals surface area (Å²) in [5.74, 6) is -0.0406. The maximum Gasteiger partial charge on any atom is 0.407 e. The summed E-state index contributed by atoms with van der Waals surface area (Å²) in [5.41, 5.74) is 4.71. The highest BCUT2D eigenvalue weighted by molar-refractivity contribution is 9.09. The number of Topliss-reactive ketones (excluding diaryl/α,β-unsaturated/α-hetero) is 1. The minimum Gasteiger partial charge on any atom is -0.449 e. The topological polar surface area (TPSA) is 55.4 Å². The Morgan fingerprint density at radius 2 is 1.64 bits per heavy atom. The zero-order chi connectivity index (χ0) is 17.8. The Kier molecular flexibility index (Phi) is 5.53. The fourth-order valence-electron chi connectivity index (χ4n) is 3.29. The lowest BCUT2D eigenvalue weighted by Crippen LogP contribution is -2.41. The summed E-state index contributed by atoms with van der Waals surface area (Å²) in [6, 6.07) is 15.8. The van der Waals surface area contributed by atoms with Crippen molar-refractivity contribution < 1.29 is 14.3 Å². The number of fused-ring (bicyclic) bond motifs is 3. The van der Waals surface area contributed by atoms with Crippen LogP contribution in [0.25, 0.3) is 11.1 Å². The second kappa shape index (κ2) is 7.83. The van der Waals surface area contributed by atoms with Gasteiger partial charge in [-0.15, -0.1) is 0 Å². The number of benzene rings is 2. The molecule has 1 aliphatic carbocycles. The van der Waals surface area contributed by atoms with Gasteiger partial charge in [0.15, 0.2) is 5.78 Å². The van der Waals surface area contributed by atoms with Gasteiger partial charge in [0.2, 0.25) is 0 Å². The molecule has 0 aliphatic heterocycles. The molecule has 5 heteroatoms. The van der Waals surface area contributed by atoms with Gasteiger partial charge in [0, 0.05) is 5.92 Å². The molecule has 130 valence electrons. The monoisotopic (exact) mass is 401 g/mol. The van der Waals surface area contributed by atoms with E-state index in [1.807, 2.05) is 31.2 Å². The standard InChI is InChI=1S/C20H20BrNO3/c1-2-18(19(23)11-21)22-20(24)25-12-17-15-9-5-3-7-13(15)14-8-4-6-10-16(14)17/h3-10,17-18H,2,11-12H2,1H3,(H,22,24)/t18-/m0/s1. The minimum absolute atomic E-state index is 0.0186. The number of rotatable bonds is 6. The molecular formula is C20H20BrNO3. The number of amides is 1. The molecule has 0 bridgehead atoms. The summed E-state index contributed by atoms with van der Waals surface area (Å²) in [5, 5.41) is 2.87. The molecular weight excluding hydrogens is 382 g/mol. The number of nitrogens with one attached hydrogen (secondary N) is 1. The number of alkyl halides is 1. The lowest BCUT2D eigenvalue weighted by molar-refractivity contribution is -0.118. The normalized spacial score (nSPS) is 13.7. The van der Waals surface area contributed by atoms with Crippen LogP contribution in [0.4, 0.5) is 4.79 Å². The highest BCUT2D eigenvalue weighted by atomic mass is 79.9. The summed E-state index contributed by atoms with van der Waals surface area (Å²) < 4.78 is 5.45. The Labute approximate surface area is 155 Å². The van der Waals surface area contributed by atoms with Crippen LogP contribution < -0.4 is 5.32 Å². The van der Waals surface area contributed by atoms with Crippen LogP contribution in [0, 0.1) is 0 Å². The SMILES string of the molecule is CC[C@H](NC(=O)OCC1c2ccccc2-c2ccccc21)C(=O)CBr. The van der Waals surface area contributed by atoms with Crippen LogP contribution in [0.2, 0.25) is 0 Å². The molecule has 2 aromatic rings. The maximum atomic E-state index is 12.1. The summed E-state index contributed by atoms with van der Waals surface area (Å²) in [7, 11) is 0. The van der Waals surface area contributed by atoms with Gasteiger partial charge in [0.25, 0.3) is 0 Å². The first-order chi connectivity index (χ1) is 12.2. The fraction of sp³-hybridized carbons (Fsp3) is 0.300. The first kappa shape index (κ1) is 17.7. The van der Waals surface area contributed by atoms with Crippen molar-refractivity contribution in [3.63, 3.8) is 0 Å². The van der Waals surface area contributed by atoms with Gasteiger partial charge in [-0.25, -0.2) is 4.79 Å². The van der Waals surface area contributed by atoms with E-state index in [1.165, 1.54) is 22.3 Å². The molecule has 0 heterocycles. The molecule has 3 rings (SSSR count). The van der Waals surface area contributed by atoms with Gasteiger partial charge in [-0.3, -0.25) is 4.79 Å². The van der Waals surface area contributed by atoms with Gasteiger partial charge in [-0.1, -0.05) is 71.4 Å². The lowest BCUT2D eigenvalue weighted by Gasteiger charge is -2.17. The molecule has 25 heavy (non-hydrogen) atoms. The van der Waals surface area contributed by atoms with Crippen LogP contribution in [0.5, 0.6) is 0 Å². The van der Waals surface area contributed by atoms with Crippen molar-refractivity contribution in [1.29, 1.82) is 0 Å². The number of alkyl carbamates (subject to hydrolysis) is 1. The van der Waals surface area contributed by atoms with E-state index >= 15 is 0 Å². The number of ketones is 1. The van der Waals surface area contributed by atoms with E-state index in [1.54, 1.807) is 0 Å². The predicted molar refractivity (Wildman–Crippen MR) is 101 cm³/mol. The van der Waals surface area contributed by atoms with Crippen molar-refractivity contribution in [3.8, 4) is 11.1 Å². The lowest BCUT2D eigenvalue weighted by atomic mass is 9.98. The van der Waals surface area contributed by atoms with Crippen molar-refractivity contribution >= 4 is 27.8 Å². The van der Waals surface area contributed by atoms with Crippen molar-refractivity contribution in [2.24, 2.45) is 0 Å². The Bertz CT molecular complexity index is 745. The van der Waals surface area contributed by atoms with Crippen LogP contribution in [0.1, 0.15) is 30.4 Å². The van der Waals surface area contributed by atoms with E-state index in [9.17, 15) is 9.59 Å². The van der Waals surface area contributed by atoms with E-state index in [2.05, 4.69) is 45.5 Å². The van der Waals surface area contributed by atoms with Gasteiger partial charge < -0.3 is 10.1 Å². The second-order valence-electron chi connectivity index (χ2n) is 6.03. The Morgan fingerprint density at radius 3 is 2.16 bits per heavy atom. The van der Waals surface area contributed by atoms with Crippen LogP contribution in [-0.2, 0) is 9.53 Å². The molecule has 0 saturated carbocycles. The third-order valence-electron chi connectivity index (χ3n) is 4.56. The van der Waals surface area contributed by atoms with Gasteiger partial charge in [-0.05, 0) is 28.7 Å². The fourth-order valence-corrected chi connectivity index (χ4v) is 3.68. The van der Waals surface area contributed by atoms with E-state index in [4.69, 9.17) is 4.74 Å². The molecule has 4 nitrogen and oxygen atoms in total. The van der Waals surface area contributed by atoms with Gasteiger partial charge in [-0.2, -0.15) is 0 Å². The van der Waals surface area contributed by atoms with Crippen LogP contribution in [-0.4, -0.2) is 29.9 Å². The molecule has 0 spiro atoms. The van der Waals surface area contributed by atoms with Crippen LogP contribution >= 0.6 is 15.9 Å². The molecule has 0 aromatic heterocycles. The second-order valence-corrected chi connectivity index (χ2v) is 6.59. The smallest absolute Gasteiger partial charge is 0.407 e. The summed E-state index contributed by atoms with van der Waals surface area (Å²) in [4.78, 5) is 23.9. The Hall–Kier alpha value is -2.14. The zero-order valence-electron chi connectivity index (χ0n) is 14.0. The van der Waals surface area contributed by atoms with Crippen molar-refractivity contribution in [3.05, 3.63) is 59.7 Å². The maximum absolute atomic E-state index is 12.1. The first-order valence-corrected chi connectivity index (χ1v) is 9.48. The molecule has 1 aliphatic rings. The number of hydrogen-bond donors (Lipinski definition) is 1. The number of halogens is 1.